The Morgan fingerprint density at radius 1 is 1.33 bits per heavy atom. The number of rotatable bonds is 0. The lowest BCUT2D eigenvalue weighted by Gasteiger charge is -2.41. The van der Waals surface area contributed by atoms with E-state index in [0.29, 0.717) is 12.6 Å². The quantitative estimate of drug-likeness (QED) is 0.584. The van der Waals surface area contributed by atoms with Gasteiger partial charge in [0.05, 0.1) is 0 Å². The topological polar surface area (TPSA) is 43.8 Å². The van der Waals surface area contributed by atoms with Crippen LogP contribution in [0.4, 0.5) is 4.79 Å². The van der Waals surface area contributed by atoms with Crippen molar-refractivity contribution in [2.75, 3.05) is 20.1 Å². The molecule has 0 aliphatic carbocycles. The van der Waals surface area contributed by atoms with Crippen molar-refractivity contribution in [3.63, 3.8) is 0 Å². The Kier molecular flexibility index (Phi) is 2.57. The Hall–Kier alpha value is -0.770. The van der Waals surface area contributed by atoms with Crippen LogP contribution in [0.15, 0.2) is 0 Å². The van der Waals surface area contributed by atoms with E-state index in [1.54, 1.807) is 0 Å². The van der Waals surface area contributed by atoms with Crippen LogP contribution in [0.5, 0.6) is 0 Å². The van der Waals surface area contributed by atoms with E-state index in [1.807, 2.05) is 14.0 Å². The molecule has 1 N–H and O–H groups in total. The zero-order valence-electron chi connectivity index (χ0n) is 7.82. The smallest absolute Gasteiger partial charge is 0.407 e. The molecule has 1 aliphatic rings. The molecule has 1 rings (SSSR count). The number of likely N-dealkylation sites (N-methyl/N-ethyl adjacent to an activating group) is 1. The van der Waals surface area contributed by atoms with Crippen LogP contribution >= 0.6 is 0 Å². The molecule has 1 fully saturated rings. The van der Waals surface area contributed by atoms with E-state index in [9.17, 15) is 4.79 Å². The largest absolute Gasteiger partial charge is 0.465 e. The third kappa shape index (κ3) is 1.53. The van der Waals surface area contributed by atoms with Gasteiger partial charge in [-0.1, -0.05) is 0 Å². The van der Waals surface area contributed by atoms with Gasteiger partial charge in [-0.2, -0.15) is 0 Å². The number of piperazine rings is 1. The first-order valence-electron chi connectivity index (χ1n) is 4.24. The molecular weight excluding hydrogens is 156 g/mol. The Labute approximate surface area is 72.8 Å². The zero-order valence-corrected chi connectivity index (χ0v) is 7.82. The van der Waals surface area contributed by atoms with E-state index in [1.165, 1.54) is 4.90 Å². The minimum absolute atomic E-state index is 0.0984. The third-order valence-corrected chi connectivity index (χ3v) is 2.82. The zero-order chi connectivity index (χ0) is 9.30. The summed E-state index contributed by atoms with van der Waals surface area (Å²) in [5, 5.41) is 8.82. The Morgan fingerprint density at radius 2 is 1.92 bits per heavy atom. The molecule has 4 nitrogen and oxygen atoms in total. The molecule has 4 heteroatoms. The molecule has 0 radical (unpaired) electrons. The van der Waals surface area contributed by atoms with Gasteiger partial charge in [-0.15, -0.1) is 0 Å². The molecule has 0 bridgehead atoms. The van der Waals surface area contributed by atoms with Gasteiger partial charge in [0.15, 0.2) is 0 Å². The molecule has 0 saturated carbocycles. The van der Waals surface area contributed by atoms with Gasteiger partial charge in [0.2, 0.25) is 0 Å². The highest BCUT2D eigenvalue weighted by Gasteiger charge is 2.30. The van der Waals surface area contributed by atoms with E-state index in [0.717, 1.165) is 6.54 Å². The summed E-state index contributed by atoms with van der Waals surface area (Å²) in [5.41, 5.74) is 0. The molecule has 2 unspecified atom stereocenters. The third-order valence-electron chi connectivity index (χ3n) is 2.82. The van der Waals surface area contributed by atoms with Crippen molar-refractivity contribution in [1.29, 1.82) is 0 Å². The molecule has 0 spiro atoms. The molecule has 1 heterocycles. The van der Waals surface area contributed by atoms with E-state index in [4.69, 9.17) is 5.11 Å². The molecule has 1 amide bonds. The summed E-state index contributed by atoms with van der Waals surface area (Å²) in [6, 6.07) is 0.413. The molecular formula is C8H16N2O2. The van der Waals surface area contributed by atoms with Crippen molar-refractivity contribution in [2.45, 2.75) is 25.9 Å². The second-order valence-corrected chi connectivity index (χ2v) is 3.44. The molecule has 2 atom stereocenters. The van der Waals surface area contributed by atoms with Crippen molar-refractivity contribution >= 4 is 6.09 Å². The van der Waals surface area contributed by atoms with Gasteiger partial charge in [0.1, 0.15) is 0 Å². The monoisotopic (exact) mass is 172 g/mol. The number of hydrogen-bond donors (Lipinski definition) is 1. The summed E-state index contributed by atoms with van der Waals surface area (Å²) >= 11 is 0. The summed E-state index contributed by atoms with van der Waals surface area (Å²) < 4.78 is 0. The minimum atomic E-state index is -0.803. The van der Waals surface area contributed by atoms with Crippen LogP contribution in [0.25, 0.3) is 0 Å². The fourth-order valence-electron chi connectivity index (χ4n) is 1.57. The van der Waals surface area contributed by atoms with Crippen molar-refractivity contribution in [3.05, 3.63) is 0 Å². The molecule has 70 valence electrons. The average Bonchev–Trinajstić information content (AvgIpc) is 2.00. The second-order valence-electron chi connectivity index (χ2n) is 3.44. The van der Waals surface area contributed by atoms with E-state index in [-0.39, 0.29) is 6.04 Å². The number of nitrogens with zero attached hydrogens (tertiary/aromatic N) is 2. The summed E-state index contributed by atoms with van der Waals surface area (Å²) in [7, 11) is 2.03. The van der Waals surface area contributed by atoms with Crippen molar-refractivity contribution in [2.24, 2.45) is 0 Å². The lowest BCUT2D eigenvalue weighted by molar-refractivity contribution is 0.0517. The molecule has 1 saturated heterocycles. The summed E-state index contributed by atoms with van der Waals surface area (Å²) in [4.78, 5) is 14.4. The fourth-order valence-corrected chi connectivity index (χ4v) is 1.57. The molecule has 0 aromatic carbocycles. The molecule has 12 heavy (non-hydrogen) atoms. The van der Waals surface area contributed by atoms with Crippen LogP contribution < -0.4 is 0 Å². The summed E-state index contributed by atoms with van der Waals surface area (Å²) in [6.07, 6.45) is -0.803. The van der Waals surface area contributed by atoms with Gasteiger partial charge in [0, 0.05) is 25.2 Å². The maximum Gasteiger partial charge on any atom is 0.407 e. The lowest BCUT2D eigenvalue weighted by Crippen LogP contribution is -2.57. The maximum atomic E-state index is 10.7. The Balaban J connectivity index is 2.65. The van der Waals surface area contributed by atoms with Crippen LogP contribution in [-0.4, -0.2) is 53.2 Å². The van der Waals surface area contributed by atoms with Gasteiger partial charge >= 0.3 is 6.09 Å². The van der Waals surface area contributed by atoms with Gasteiger partial charge in [-0.05, 0) is 20.9 Å². The molecule has 0 aromatic rings. The van der Waals surface area contributed by atoms with Gasteiger partial charge < -0.3 is 10.0 Å². The van der Waals surface area contributed by atoms with E-state index < -0.39 is 6.09 Å². The van der Waals surface area contributed by atoms with Crippen LogP contribution in [-0.2, 0) is 0 Å². The van der Waals surface area contributed by atoms with Gasteiger partial charge in [0.25, 0.3) is 0 Å². The summed E-state index contributed by atoms with van der Waals surface area (Å²) in [6.45, 7) is 5.46. The standard InChI is InChI=1S/C8H16N2O2/c1-6-7(2)10(8(11)12)5-4-9(6)3/h6-7H,4-5H2,1-3H3,(H,11,12). The van der Waals surface area contributed by atoms with Crippen LogP contribution in [0.3, 0.4) is 0 Å². The first-order chi connectivity index (χ1) is 5.54. The first-order valence-corrected chi connectivity index (χ1v) is 4.24. The van der Waals surface area contributed by atoms with Crippen LogP contribution in [0, 0.1) is 0 Å². The summed E-state index contributed by atoms with van der Waals surface area (Å²) in [5.74, 6) is 0. The number of carbonyl (C=O) groups is 1. The maximum absolute atomic E-state index is 10.7. The van der Waals surface area contributed by atoms with Crippen LogP contribution in [0.2, 0.25) is 0 Å². The van der Waals surface area contributed by atoms with Crippen molar-refractivity contribution in [3.8, 4) is 0 Å². The lowest BCUT2D eigenvalue weighted by atomic mass is 10.1. The highest BCUT2D eigenvalue weighted by Crippen LogP contribution is 2.14. The number of hydrogen-bond acceptors (Lipinski definition) is 2. The highest BCUT2D eigenvalue weighted by atomic mass is 16.4. The fraction of sp³-hybridized carbons (Fsp3) is 0.875. The van der Waals surface area contributed by atoms with E-state index in [2.05, 4.69) is 11.8 Å². The number of amides is 1. The number of carboxylic acid groups (broad SMARTS) is 1. The normalized spacial score (nSPS) is 32.1. The Bertz CT molecular complexity index is 184. The highest BCUT2D eigenvalue weighted by molar-refractivity contribution is 5.65. The molecule has 1 aliphatic heterocycles. The van der Waals surface area contributed by atoms with Gasteiger partial charge in [-0.3, -0.25) is 4.90 Å². The Morgan fingerprint density at radius 3 is 2.42 bits per heavy atom. The predicted molar refractivity (Wildman–Crippen MR) is 46.3 cm³/mol. The first kappa shape index (κ1) is 9.32. The average molecular weight is 172 g/mol. The van der Waals surface area contributed by atoms with Crippen molar-refractivity contribution in [1.82, 2.24) is 9.80 Å². The van der Waals surface area contributed by atoms with Crippen molar-refractivity contribution < 1.29 is 9.90 Å². The SMILES string of the molecule is CC1C(C)N(C(=O)O)CCN1C. The minimum Gasteiger partial charge on any atom is -0.465 e. The predicted octanol–water partition coefficient (Wildman–Crippen LogP) is 0.689. The molecule has 0 aromatic heterocycles. The second kappa shape index (κ2) is 3.31. The van der Waals surface area contributed by atoms with Crippen LogP contribution in [0.1, 0.15) is 13.8 Å². The van der Waals surface area contributed by atoms with E-state index >= 15 is 0 Å². The van der Waals surface area contributed by atoms with Gasteiger partial charge in [-0.25, -0.2) is 4.79 Å².